The Kier molecular flexibility index (Phi) is 20.5. The Bertz CT molecular complexity index is 463. The lowest BCUT2D eigenvalue weighted by Crippen LogP contribution is -2.18. The summed E-state index contributed by atoms with van der Waals surface area (Å²) in [4.78, 5) is 34.9. The third-order valence-corrected chi connectivity index (χ3v) is 5.35. The zero-order chi connectivity index (χ0) is 23.2. The van der Waals surface area contributed by atoms with E-state index in [1.54, 1.807) is 0 Å². The van der Waals surface area contributed by atoms with Crippen molar-refractivity contribution in [3.05, 3.63) is 0 Å². The van der Waals surface area contributed by atoms with E-state index in [9.17, 15) is 14.4 Å². The van der Waals surface area contributed by atoms with Crippen LogP contribution < -0.4 is 0 Å². The van der Waals surface area contributed by atoms with E-state index in [4.69, 9.17) is 14.2 Å². The molecule has 1 unspecified atom stereocenters. The molecule has 0 N–H and O–H groups in total. The molecule has 0 spiro atoms. The molecule has 6 heteroatoms. The highest BCUT2D eigenvalue weighted by Gasteiger charge is 2.19. The van der Waals surface area contributed by atoms with Crippen molar-refractivity contribution in [1.29, 1.82) is 0 Å². The van der Waals surface area contributed by atoms with Gasteiger partial charge in [0.25, 0.3) is 0 Å². The average molecular weight is 443 g/mol. The van der Waals surface area contributed by atoms with E-state index in [-0.39, 0.29) is 23.8 Å². The summed E-state index contributed by atoms with van der Waals surface area (Å²) in [5, 5.41) is 0. The number of unbranched alkanes of at least 4 members (excludes halogenated alkanes) is 9. The second-order valence-electron chi connectivity index (χ2n) is 8.03. The number of ether oxygens (including phenoxy) is 3. The van der Waals surface area contributed by atoms with Gasteiger partial charge in [0.2, 0.25) is 0 Å². The first-order valence-corrected chi connectivity index (χ1v) is 12.5. The van der Waals surface area contributed by atoms with Gasteiger partial charge in [-0.3, -0.25) is 14.4 Å². The molecule has 0 heterocycles. The third-order valence-electron chi connectivity index (χ3n) is 5.35. The smallest absolute Gasteiger partial charge is 0.308 e. The molecule has 0 aliphatic rings. The van der Waals surface area contributed by atoms with Crippen LogP contribution in [-0.2, 0) is 28.6 Å². The van der Waals surface area contributed by atoms with Crippen LogP contribution in [0.4, 0.5) is 0 Å². The Labute approximate surface area is 189 Å². The van der Waals surface area contributed by atoms with Gasteiger partial charge in [-0.15, -0.1) is 0 Å². The minimum Gasteiger partial charge on any atom is -0.466 e. The van der Waals surface area contributed by atoms with Crippen molar-refractivity contribution >= 4 is 17.9 Å². The Morgan fingerprint density at radius 1 is 0.516 bits per heavy atom. The first-order valence-electron chi connectivity index (χ1n) is 12.5. The van der Waals surface area contributed by atoms with Crippen molar-refractivity contribution < 1.29 is 28.6 Å². The fraction of sp³-hybridized carbons (Fsp3) is 0.880. The maximum atomic E-state index is 12.2. The largest absolute Gasteiger partial charge is 0.466 e. The molecule has 0 aromatic carbocycles. The van der Waals surface area contributed by atoms with Crippen molar-refractivity contribution in [2.24, 2.45) is 5.92 Å². The monoisotopic (exact) mass is 442 g/mol. The highest BCUT2D eigenvalue weighted by molar-refractivity contribution is 5.72. The summed E-state index contributed by atoms with van der Waals surface area (Å²) in [6, 6.07) is 0. The summed E-state index contributed by atoms with van der Waals surface area (Å²) in [5.74, 6) is -0.319. The topological polar surface area (TPSA) is 78.9 Å². The summed E-state index contributed by atoms with van der Waals surface area (Å²) < 4.78 is 15.1. The molecule has 0 bridgehead atoms. The predicted molar refractivity (Wildman–Crippen MR) is 123 cm³/mol. The lowest BCUT2D eigenvalue weighted by Gasteiger charge is -2.15. The molecule has 0 aromatic rings. The summed E-state index contributed by atoms with van der Waals surface area (Å²) in [6.45, 7) is 6.82. The number of carbonyl (C=O) groups is 3. The molecule has 31 heavy (non-hydrogen) atoms. The lowest BCUT2D eigenvalue weighted by atomic mass is 9.94. The van der Waals surface area contributed by atoms with E-state index in [2.05, 4.69) is 0 Å². The molecule has 0 aromatic heterocycles. The van der Waals surface area contributed by atoms with Gasteiger partial charge in [-0.2, -0.15) is 0 Å². The van der Waals surface area contributed by atoms with Crippen LogP contribution in [0.1, 0.15) is 117 Å². The van der Waals surface area contributed by atoms with Gasteiger partial charge < -0.3 is 14.2 Å². The van der Waals surface area contributed by atoms with Crippen molar-refractivity contribution in [1.82, 2.24) is 0 Å². The Balaban J connectivity index is 3.80. The van der Waals surface area contributed by atoms with Gasteiger partial charge in [-0.05, 0) is 46.5 Å². The van der Waals surface area contributed by atoms with Crippen LogP contribution in [0.2, 0.25) is 0 Å². The summed E-state index contributed by atoms with van der Waals surface area (Å²) in [5.41, 5.74) is 0. The molecule has 0 radical (unpaired) electrons. The fourth-order valence-corrected chi connectivity index (χ4v) is 3.66. The minimum absolute atomic E-state index is 0.0228. The van der Waals surface area contributed by atoms with E-state index in [1.165, 1.54) is 19.3 Å². The quantitative estimate of drug-likeness (QED) is 0.121. The Hall–Kier alpha value is -1.59. The molecular formula is C25H46O6. The molecule has 0 saturated heterocycles. The molecule has 0 aliphatic carbocycles. The Morgan fingerprint density at radius 3 is 1.29 bits per heavy atom. The number of hydrogen-bond donors (Lipinski definition) is 0. The number of carbonyl (C=O) groups excluding carboxylic acids is 3. The number of hydrogen-bond acceptors (Lipinski definition) is 6. The van der Waals surface area contributed by atoms with Crippen LogP contribution in [0.25, 0.3) is 0 Å². The summed E-state index contributed by atoms with van der Waals surface area (Å²) >= 11 is 0. The minimum atomic E-state index is -0.136. The molecule has 6 nitrogen and oxygen atoms in total. The summed E-state index contributed by atoms with van der Waals surface area (Å²) in [6.07, 6.45) is 14.3. The second kappa shape index (κ2) is 21.6. The van der Waals surface area contributed by atoms with E-state index >= 15 is 0 Å². The first kappa shape index (κ1) is 29.4. The molecule has 0 rings (SSSR count). The molecule has 0 saturated carbocycles. The highest BCUT2D eigenvalue weighted by atomic mass is 16.5. The van der Waals surface area contributed by atoms with Crippen LogP contribution in [0.5, 0.6) is 0 Å². The van der Waals surface area contributed by atoms with Gasteiger partial charge in [0.05, 0.1) is 25.7 Å². The van der Waals surface area contributed by atoms with E-state index in [0.29, 0.717) is 32.7 Å². The van der Waals surface area contributed by atoms with Gasteiger partial charge in [0.1, 0.15) is 0 Å². The van der Waals surface area contributed by atoms with Crippen LogP contribution >= 0.6 is 0 Å². The molecule has 0 aliphatic heterocycles. The zero-order valence-corrected chi connectivity index (χ0v) is 20.3. The van der Waals surface area contributed by atoms with Crippen molar-refractivity contribution in [2.45, 2.75) is 117 Å². The van der Waals surface area contributed by atoms with Crippen LogP contribution in [0.3, 0.4) is 0 Å². The van der Waals surface area contributed by atoms with Gasteiger partial charge in [-0.25, -0.2) is 0 Å². The number of esters is 3. The fourth-order valence-electron chi connectivity index (χ4n) is 3.66. The third kappa shape index (κ3) is 18.9. The van der Waals surface area contributed by atoms with Gasteiger partial charge >= 0.3 is 17.9 Å². The molecule has 1 atom stereocenters. The van der Waals surface area contributed by atoms with Crippen molar-refractivity contribution in [2.75, 3.05) is 19.8 Å². The lowest BCUT2D eigenvalue weighted by molar-refractivity contribution is -0.149. The average Bonchev–Trinajstić information content (AvgIpc) is 2.73. The van der Waals surface area contributed by atoms with Crippen molar-refractivity contribution in [3.8, 4) is 0 Å². The van der Waals surface area contributed by atoms with Crippen LogP contribution in [-0.4, -0.2) is 37.7 Å². The van der Waals surface area contributed by atoms with E-state index in [1.807, 2.05) is 20.8 Å². The standard InChI is InChI=1S/C25H46O6/c1-4-29-23(26)20-16-12-10-8-7-9-11-14-18-22(25(28)31-6-3)19-15-13-17-21-24(27)30-5-2/h22H,4-21H2,1-3H3. The van der Waals surface area contributed by atoms with Gasteiger partial charge in [0, 0.05) is 12.8 Å². The summed E-state index contributed by atoms with van der Waals surface area (Å²) in [7, 11) is 0. The molecule has 0 fully saturated rings. The predicted octanol–water partition coefficient (Wildman–Crippen LogP) is 6.14. The first-order chi connectivity index (χ1) is 15.0. The van der Waals surface area contributed by atoms with E-state index in [0.717, 1.165) is 64.2 Å². The Morgan fingerprint density at radius 2 is 0.871 bits per heavy atom. The van der Waals surface area contributed by atoms with Crippen LogP contribution in [0.15, 0.2) is 0 Å². The van der Waals surface area contributed by atoms with E-state index < -0.39 is 0 Å². The SMILES string of the molecule is CCOC(=O)CCCCCCCCCCC(CCCCCC(=O)OCC)C(=O)OCC. The maximum absolute atomic E-state index is 12.2. The normalized spacial score (nSPS) is 11.7. The maximum Gasteiger partial charge on any atom is 0.308 e. The zero-order valence-electron chi connectivity index (χ0n) is 20.3. The van der Waals surface area contributed by atoms with Gasteiger partial charge in [0.15, 0.2) is 0 Å². The molecule has 182 valence electrons. The highest BCUT2D eigenvalue weighted by Crippen LogP contribution is 2.20. The molecule has 0 amide bonds. The second-order valence-corrected chi connectivity index (χ2v) is 8.03. The van der Waals surface area contributed by atoms with Gasteiger partial charge in [-0.1, -0.05) is 57.8 Å². The van der Waals surface area contributed by atoms with Crippen LogP contribution in [0, 0.1) is 5.92 Å². The number of rotatable bonds is 21. The van der Waals surface area contributed by atoms with Crippen molar-refractivity contribution in [3.63, 3.8) is 0 Å². The molecular weight excluding hydrogens is 396 g/mol.